The molecule has 5 nitrogen and oxygen atoms in total. The van der Waals surface area contributed by atoms with Gasteiger partial charge in [-0.2, -0.15) is 0 Å². The summed E-state index contributed by atoms with van der Waals surface area (Å²) in [7, 11) is 0. The summed E-state index contributed by atoms with van der Waals surface area (Å²) in [5.41, 5.74) is 0.696. The van der Waals surface area contributed by atoms with Gasteiger partial charge in [0.25, 0.3) is 5.91 Å². The molecule has 0 bridgehead atoms. The van der Waals surface area contributed by atoms with E-state index in [-0.39, 0.29) is 31.0 Å². The van der Waals surface area contributed by atoms with Crippen LogP contribution in [0.1, 0.15) is 32.8 Å². The van der Waals surface area contributed by atoms with Crippen LogP contribution in [-0.4, -0.2) is 35.4 Å². The van der Waals surface area contributed by atoms with Crippen LogP contribution in [0.15, 0.2) is 59.1 Å². The van der Waals surface area contributed by atoms with Crippen molar-refractivity contribution in [3.05, 3.63) is 74.7 Å². The lowest BCUT2D eigenvalue weighted by atomic mass is 10.1. The Balaban J connectivity index is 1.86. The van der Waals surface area contributed by atoms with E-state index >= 15 is 0 Å². The summed E-state index contributed by atoms with van der Waals surface area (Å²) in [5.74, 6) is 0.0101. The number of benzene rings is 3. The number of hydrogen-bond acceptors (Lipinski definition) is 3. The van der Waals surface area contributed by atoms with Crippen molar-refractivity contribution in [3.8, 4) is 5.75 Å². The highest BCUT2D eigenvalue weighted by Gasteiger charge is 2.30. The maximum Gasteiger partial charge on any atom is 0.261 e. The van der Waals surface area contributed by atoms with Crippen molar-refractivity contribution in [2.24, 2.45) is 0 Å². The van der Waals surface area contributed by atoms with Gasteiger partial charge in [-0.15, -0.1) is 0 Å². The Kier molecular flexibility index (Phi) is 9.23. The van der Waals surface area contributed by atoms with E-state index in [1.54, 1.807) is 18.2 Å². The van der Waals surface area contributed by atoms with Crippen LogP contribution in [0.5, 0.6) is 5.75 Å². The SMILES string of the molecule is CC[C@@H](C(=O)NC(C)C)N(Cc1ccc(Cl)cc1Cl)C(=O)COc1ccc2ccccc2c1Br. The van der Waals surface area contributed by atoms with Gasteiger partial charge in [-0.1, -0.05) is 66.5 Å². The highest BCUT2D eigenvalue weighted by atomic mass is 79.9. The summed E-state index contributed by atoms with van der Waals surface area (Å²) in [6, 6.07) is 16.0. The van der Waals surface area contributed by atoms with Crippen LogP contribution in [0.2, 0.25) is 10.0 Å². The molecule has 0 spiro atoms. The van der Waals surface area contributed by atoms with Gasteiger partial charge in [0.2, 0.25) is 5.91 Å². The molecule has 3 rings (SSSR count). The molecule has 0 fully saturated rings. The fraction of sp³-hybridized carbons (Fsp3) is 0.308. The Labute approximate surface area is 218 Å². The maximum atomic E-state index is 13.4. The van der Waals surface area contributed by atoms with Gasteiger partial charge >= 0.3 is 0 Å². The third kappa shape index (κ3) is 6.44. The normalized spacial score (nSPS) is 12.0. The van der Waals surface area contributed by atoms with E-state index in [2.05, 4.69) is 21.2 Å². The summed E-state index contributed by atoms with van der Waals surface area (Å²) in [4.78, 5) is 27.8. The lowest BCUT2D eigenvalue weighted by Gasteiger charge is -2.31. The summed E-state index contributed by atoms with van der Waals surface area (Å²) in [6.45, 7) is 5.56. The molecule has 3 aromatic rings. The van der Waals surface area contributed by atoms with E-state index < -0.39 is 6.04 Å². The Bertz CT molecular complexity index is 1190. The van der Waals surface area contributed by atoms with Crippen LogP contribution in [0, 0.1) is 0 Å². The highest BCUT2D eigenvalue weighted by molar-refractivity contribution is 9.10. The second-order valence-electron chi connectivity index (χ2n) is 8.23. The number of carbonyl (C=O) groups excluding carboxylic acids is 2. The smallest absolute Gasteiger partial charge is 0.261 e. The van der Waals surface area contributed by atoms with Crippen LogP contribution >= 0.6 is 39.1 Å². The Morgan fingerprint density at radius 1 is 1.09 bits per heavy atom. The first-order chi connectivity index (χ1) is 16.2. The summed E-state index contributed by atoms with van der Waals surface area (Å²) in [6.07, 6.45) is 0.440. The minimum absolute atomic E-state index is 0.0533. The van der Waals surface area contributed by atoms with E-state index in [9.17, 15) is 9.59 Å². The molecule has 0 heterocycles. The van der Waals surface area contributed by atoms with Crippen molar-refractivity contribution >= 4 is 61.7 Å². The lowest BCUT2D eigenvalue weighted by molar-refractivity contribution is -0.143. The first kappa shape index (κ1) is 26.3. The van der Waals surface area contributed by atoms with Crippen LogP contribution in [0.25, 0.3) is 10.8 Å². The van der Waals surface area contributed by atoms with Gasteiger partial charge in [-0.25, -0.2) is 0 Å². The van der Waals surface area contributed by atoms with Crippen molar-refractivity contribution in [1.29, 1.82) is 0 Å². The molecular weight excluding hydrogens is 539 g/mol. The first-order valence-electron chi connectivity index (χ1n) is 11.0. The number of ether oxygens (including phenoxy) is 1. The highest BCUT2D eigenvalue weighted by Crippen LogP contribution is 2.33. The summed E-state index contributed by atoms with van der Waals surface area (Å²) >= 11 is 16.0. The van der Waals surface area contributed by atoms with Crippen molar-refractivity contribution in [1.82, 2.24) is 10.2 Å². The molecule has 0 saturated carbocycles. The molecule has 0 aliphatic carbocycles. The predicted octanol–water partition coefficient (Wildman–Crippen LogP) is 6.62. The molecule has 0 aliphatic heterocycles. The minimum atomic E-state index is -0.676. The Morgan fingerprint density at radius 3 is 2.50 bits per heavy atom. The number of rotatable bonds is 9. The molecule has 0 aliphatic rings. The van der Waals surface area contributed by atoms with Crippen LogP contribution in [-0.2, 0) is 16.1 Å². The fourth-order valence-corrected chi connectivity index (χ4v) is 4.76. The van der Waals surface area contributed by atoms with Gasteiger partial charge in [-0.3, -0.25) is 9.59 Å². The van der Waals surface area contributed by atoms with Crippen molar-refractivity contribution < 1.29 is 14.3 Å². The predicted molar refractivity (Wildman–Crippen MR) is 142 cm³/mol. The molecule has 3 aromatic carbocycles. The van der Waals surface area contributed by atoms with E-state index in [0.29, 0.717) is 27.8 Å². The Morgan fingerprint density at radius 2 is 1.82 bits per heavy atom. The second-order valence-corrected chi connectivity index (χ2v) is 9.87. The molecule has 1 N–H and O–H groups in total. The molecular formula is C26H27BrCl2N2O3. The van der Waals surface area contributed by atoms with Gasteiger partial charge in [0.15, 0.2) is 6.61 Å². The molecule has 2 amide bonds. The van der Waals surface area contributed by atoms with Crippen LogP contribution < -0.4 is 10.1 Å². The van der Waals surface area contributed by atoms with Gasteiger partial charge in [0, 0.05) is 22.6 Å². The number of hydrogen-bond donors (Lipinski definition) is 1. The average molecular weight is 566 g/mol. The summed E-state index contributed by atoms with van der Waals surface area (Å²) in [5, 5.41) is 5.88. The van der Waals surface area contributed by atoms with Crippen molar-refractivity contribution in [2.45, 2.75) is 45.8 Å². The number of nitrogens with one attached hydrogen (secondary N) is 1. The zero-order chi connectivity index (χ0) is 24.8. The fourth-order valence-electron chi connectivity index (χ4n) is 3.68. The number of carbonyl (C=O) groups is 2. The Hall–Kier alpha value is -2.28. The molecule has 0 unspecified atom stereocenters. The van der Waals surface area contributed by atoms with Crippen LogP contribution in [0.4, 0.5) is 0 Å². The van der Waals surface area contributed by atoms with Gasteiger partial charge in [0.05, 0.1) is 4.47 Å². The lowest BCUT2D eigenvalue weighted by Crippen LogP contribution is -2.51. The van der Waals surface area contributed by atoms with Crippen molar-refractivity contribution in [3.63, 3.8) is 0 Å². The second kappa shape index (κ2) is 11.9. The first-order valence-corrected chi connectivity index (χ1v) is 12.6. The largest absolute Gasteiger partial charge is 0.483 e. The quantitative estimate of drug-likeness (QED) is 0.317. The minimum Gasteiger partial charge on any atom is -0.483 e. The topological polar surface area (TPSA) is 58.6 Å². The molecule has 1 atom stereocenters. The molecule has 34 heavy (non-hydrogen) atoms. The average Bonchev–Trinajstić information content (AvgIpc) is 2.79. The van der Waals surface area contributed by atoms with Crippen LogP contribution in [0.3, 0.4) is 0 Å². The van der Waals surface area contributed by atoms with Gasteiger partial charge < -0.3 is 15.0 Å². The maximum absolute atomic E-state index is 13.4. The number of nitrogens with zero attached hydrogens (tertiary/aromatic N) is 1. The van der Waals surface area contributed by atoms with Gasteiger partial charge in [-0.05, 0) is 70.7 Å². The standard InChI is InChI=1S/C26H27BrCl2N2O3/c1-4-22(26(33)30-16(2)3)31(14-18-9-11-19(28)13-21(18)29)24(32)15-34-23-12-10-17-7-5-6-8-20(17)25(23)27/h5-13,16,22H,4,14-15H2,1-3H3,(H,30,33)/t22-/m0/s1. The number of amides is 2. The van der Waals surface area contributed by atoms with E-state index in [1.165, 1.54) is 4.90 Å². The van der Waals surface area contributed by atoms with E-state index in [4.69, 9.17) is 27.9 Å². The molecule has 0 aromatic heterocycles. The molecule has 0 saturated heterocycles. The summed E-state index contributed by atoms with van der Waals surface area (Å²) < 4.78 is 6.68. The van der Waals surface area contributed by atoms with E-state index in [1.807, 2.05) is 57.2 Å². The molecule has 0 radical (unpaired) electrons. The molecule has 180 valence electrons. The van der Waals surface area contributed by atoms with Crippen molar-refractivity contribution in [2.75, 3.05) is 6.61 Å². The monoisotopic (exact) mass is 564 g/mol. The third-order valence-electron chi connectivity index (χ3n) is 5.35. The zero-order valence-corrected chi connectivity index (χ0v) is 22.4. The zero-order valence-electron chi connectivity index (χ0n) is 19.3. The van der Waals surface area contributed by atoms with Gasteiger partial charge in [0.1, 0.15) is 11.8 Å². The third-order valence-corrected chi connectivity index (χ3v) is 6.76. The number of halogens is 3. The van der Waals surface area contributed by atoms with E-state index in [0.717, 1.165) is 15.2 Å². The number of fused-ring (bicyclic) bond motifs is 1. The molecule has 8 heteroatoms.